The number of hydrogen-bond acceptors (Lipinski definition) is 5. The van der Waals surface area contributed by atoms with Crippen LogP contribution in [-0.2, 0) is 0 Å². The van der Waals surface area contributed by atoms with Gasteiger partial charge in [-0.3, -0.25) is 14.4 Å². The van der Waals surface area contributed by atoms with Gasteiger partial charge in [0.1, 0.15) is 0 Å². The Bertz CT molecular complexity index is 1120. The van der Waals surface area contributed by atoms with Gasteiger partial charge in [-0.15, -0.1) is 0 Å². The van der Waals surface area contributed by atoms with Gasteiger partial charge in [-0.25, -0.2) is 0 Å². The normalized spacial score (nSPS) is 19.9. The zero-order valence-corrected chi connectivity index (χ0v) is 19.2. The fourth-order valence-corrected chi connectivity index (χ4v) is 4.32. The van der Waals surface area contributed by atoms with Gasteiger partial charge in [-0.05, 0) is 56.0 Å². The summed E-state index contributed by atoms with van der Waals surface area (Å²) in [5.41, 5.74) is 2.84. The van der Waals surface area contributed by atoms with Crippen LogP contribution >= 0.6 is 0 Å². The zero-order valence-electron chi connectivity index (χ0n) is 19.2. The molecule has 2 bridgehead atoms. The maximum Gasteiger partial charge on any atom is 0.280 e. The van der Waals surface area contributed by atoms with Crippen molar-refractivity contribution < 1.29 is 14.4 Å². The highest BCUT2D eigenvalue weighted by molar-refractivity contribution is 6.22. The fraction of sp³-hybridized carbons (Fsp3) is 0.360. The van der Waals surface area contributed by atoms with E-state index < -0.39 is 5.91 Å². The highest BCUT2D eigenvalue weighted by atomic mass is 16.2. The molecule has 4 rings (SSSR count). The van der Waals surface area contributed by atoms with E-state index in [0.717, 1.165) is 37.1 Å². The average molecular weight is 448 g/mol. The summed E-state index contributed by atoms with van der Waals surface area (Å²) in [7, 11) is 3.45. The Labute approximate surface area is 193 Å². The molecule has 2 N–H and O–H groups in total. The summed E-state index contributed by atoms with van der Waals surface area (Å²) >= 11 is 0. The lowest BCUT2D eigenvalue weighted by Gasteiger charge is -2.30. The van der Waals surface area contributed by atoms with Crippen molar-refractivity contribution in [3.8, 4) is 0 Å². The van der Waals surface area contributed by atoms with Gasteiger partial charge >= 0.3 is 0 Å². The third-order valence-electron chi connectivity index (χ3n) is 6.05. The van der Waals surface area contributed by atoms with Crippen molar-refractivity contribution in [2.45, 2.75) is 38.6 Å². The fourth-order valence-electron chi connectivity index (χ4n) is 4.32. The van der Waals surface area contributed by atoms with Crippen LogP contribution in [0.4, 0.5) is 11.4 Å². The summed E-state index contributed by atoms with van der Waals surface area (Å²) in [6.45, 7) is 2.65. The molecule has 2 heterocycles. The first-order valence-corrected chi connectivity index (χ1v) is 11.3. The number of nitrogens with zero attached hydrogens (tertiary/aromatic N) is 3. The van der Waals surface area contributed by atoms with E-state index in [1.807, 2.05) is 23.1 Å². The van der Waals surface area contributed by atoms with E-state index in [9.17, 15) is 14.4 Å². The smallest absolute Gasteiger partial charge is 0.280 e. The van der Waals surface area contributed by atoms with Crippen molar-refractivity contribution in [2.24, 2.45) is 4.99 Å². The van der Waals surface area contributed by atoms with Crippen LogP contribution in [0, 0.1) is 0 Å². The van der Waals surface area contributed by atoms with E-state index in [2.05, 4.69) is 22.5 Å². The molecule has 8 heteroatoms. The first kappa shape index (κ1) is 22.5. The Morgan fingerprint density at radius 1 is 1.12 bits per heavy atom. The van der Waals surface area contributed by atoms with Crippen molar-refractivity contribution in [1.29, 1.82) is 0 Å². The number of fused-ring (bicyclic) bond motifs is 5. The van der Waals surface area contributed by atoms with Gasteiger partial charge in [-0.2, -0.15) is 4.99 Å². The molecule has 172 valence electrons. The molecule has 2 aromatic carbocycles. The molecule has 0 spiro atoms. The Balaban J connectivity index is 1.84. The Kier molecular flexibility index (Phi) is 6.44. The Hall–Kier alpha value is -3.68. The number of rotatable bonds is 2. The highest BCUT2D eigenvalue weighted by Crippen LogP contribution is 2.39. The second kappa shape index (κ2) is 9.44. The number of nitrogens with one attached hydrogen (secondary N) is 2. The average Bonchev–Trinajstić information content (AvgIpc) is 3.18. The van der Waals surface area contributed by atoms with Crippen LogP contribution in [0.3, 0.4) is 0 Å². The Morgan fingerprint density at radius 3 is 2.64 bits per heavy atom. The standard InChI is InChI=1S/C25H29N5O3/c1-4-18-11-5-6-14-26-22(31)16-9-7-10-17(15-16)23(32)28-25-27-20-13-8-12-19(21(20)30(18)25)24(33)29(2)3/h7-10,12-13,15,18H,4-6,11,14H2,1-3H3,(H,26,31)(H,27,28,32). The minimum absolute atomic E-state index is 0.0337. The molecule has 0 aromatic heterocycles. The molecule has 2 aromatic rings. The number of anilines is 2. The maximum atomic E-state index is 13.1. The van der Waals surface area contributed by atoms with Gasteiger partial charge in [0.05, 0.1) is 16.9 Å². The van der Waals surface area contributed by atoms with Gasteiger partial charge in [0.2, 0.25) is 5.96 Å². The topological polar surface area (TPSA) is 94.1 Å². The monoisotopic (exact) mass is 447 g/mol. The molecule has 0 fully saturated rings. The van der Waals surface area contributed by atoms with Gasteiger partial charge in [-0.1, -0.05) is 19.1 Å². The van der Waals surface area contributed by atoms with E-state index in [-0.39, 0.29) is 17.9 Å². The molecule has 3 amide bonds. The van der Waals surface area contributed by atoms with Crippen LogP contribution in [0.2, 0.25) is 0 Å². The highest BCUT2D eigenvalue weighted by Gasteiger charge is 2.35. The minimum atomic E-state index is -0.447. The summed E-state index contributed by atoms with van der Waals surface area (Å²) < 4.78 is 0. The first-order chi connectivity index (χ1) is 15.9. The summed E-state index contributed by atoms with van der Waals surface area (Å²) in [6.07, 6.45) is 3.35. The van der Waals surface area contributed by atoms with Crippen molar-refractivity contribution in [3.63, 3.8) is 0 Å². The van der Waals surface area contributed by atoms with E-state index in [0.29, 0.717) is 29.2 Å². The Morgan fingerprint density at radius 2 is 1.88 bits per heavy atom. The molecule has 2 aliphatic rings. The molecule has 0 aliphatic carbocycles. The molecule has 0 saturated carbocycles. The number of guanidine groups is 1. The SMILES string of the molecule is CCC1CCCCNC(=O)c2cccc(c2)C(=O)/N=C2\Nc3cccc(C(=O)N(C)C)c3N21. The number of benzene rings is 2. The van der Waals surface area contributed by atoms with Crippen LogP contribution in [-0.4, -0.2) is 55.3 Å². The molecule has 8 nitrogen and oxygen atoms in total. The number of carbonyl (C=O) groups excluding carboxylic acids is 3. The zero-order chi connectivity index (χ0) is 23.5. The molecule has 1 atom stereocenters. The molecule has 33 heavy (non-hydrogen) atoms. The largest absolute Gasteiger partial charge is 0.352 e. The van der Waals surface area contributed by atoms with E-state index in [4.69, 9.17) is 0 Å². The van der Waals surface area contributed by atoms with Crippen LogP contribution in [0.1, 0.15) is 63.7 Å². The van der Waals surface area contributed by atoms with Gasteiger partial charge < -0.3 is 20.4 Å². The predicted octanol–water partition coefficient (Wildman–Crippen LogP) is 3.51. The van der Waals surface area contributed by atoms with Crippen LogP contribution in [0.5, 0.6) is 0 Å². The first-order valence-electron chi connectivity index (χ1n) is 11.3. The summed E-state index contributed by atoms with van der Waals surface area (Å²) in [4.78, 5) is 46.5. The van der Waals surface area contributed by atoms with Crippen molar-refractivity contribution in [3.05, 3.63) is 59.2 Å². The lowest BCUT2D eigenvalue weighted by Crippen LogP contribution is -2.41. The summed E-state index contributed by atoms with van der Waals surface area (Å²) in [5.74, 6) is -0.336. The quantitative estimate of drug-likeness (QED) is 0.735. The summed E-state index contributed by atoms with van der Waals surface area (Å²) in [6, 6.07) is 12.2. The third kappa shape index (κ3) is 4.46. The van der Waals surface area contributed by atoms with Crippen LogP contribution in [0.15, 0.2) is 47.5 Å². The number of hydrogen-bond donors (Lipinski definition) is 2. The van der Waals surface area contributed by atoms with Crippen molar-refractivity contribution in [1.82, 2.24) is 10.2 Å². The molecule has 1 unspecified atom stereocenters. The number of amides is 3. The third-order valence-corrected chi connectivity index (χ3v) is 6.05. The van der Waals surface area contributed by atoms with Crippen molar-refractivity contribution in [2.75, 3.05) is 30.9 Å². The van der Waals surface area contributed by atoms with E-state index in [1.54, 1.807) is 43.3 Å². The number of para-hydroxylation sites is 1. The predicted molar refractivity (Wildman–Crippen MR) is 129 cm³/mol. The van der Waals surface area contributed by atoms with Crippen molar-refractivity contribution >= 4 is 35.1 Å². The van der Waals surface area contributed by atoms with Gasteiger partial charge in [0.15, 0.2) is 0 Å². The van der Waals surface area contributed by atoms with Crippen LogP contribution in [0.25, 0.3) is 0 Å². The van der Waals surface area contributed by atoms with Crippen LogP contribution < -0.4 is 15.5 Å². The molecule has 0 radical (unpaired) electrons. The van der Waals surface area contributed by atoms with E-state index >= 15 is 0 Å². The van der Waals surface area contributed by atoms with Gasteiger partial charge in [0.25, 0.3) is 17.7 Å². The lowest BCUT2D eigenvalue weighted by atomic mass is 10.0. The van der Waals surface area contributed by atoms with E-state index in [1.165, 1.54) is 0 Å². The van der Waals surface area contributed by atoms with Gasteiger partial charge in [0, 0.05) is 37.8 Å². The summed E-state index contributed by atoms with van der Waals surface area (Å²) in [5, 5.41) is 6.20. The lowest BCUT2D eigenvalue weighted by molar-refractivity contribution is 0.0827. The molecular weight excluding hydrogens is 418 g/mol. The molecule has 2 aliphatic heterocycles. The second-order valence-electron chi connectivity index (χ2n) is 8.53. The molecule has 0 saturated heterocycles. The minimum Gasteiger partial charge on any atom is -0.352 e. The molecular formula is C25H29N5O3. The second-order valence-corrected chi connectivity index (χ2v) is 8.53. The maximum absolute atomic E-state index is 13.1. The number of carbonyl (C=O) groups is 3. The number of aliphatic imine (C=N–C) groups is 1.